The number of unbranched alkanes of at least 4 members (excludes halogenated alkanes) is 11. The average molecular weight is 958 g/mol. The number of carbonyl (C=O) groups excluding carboxylic acids is 7. The van der Waals surface area contributed by atoms with Crippen molar-refractivity contribution in [3.8, 4) is 0 Å². The number of nitrogens with one attached hydrogen (secondary N) is 5. The number of primary amides is 2. The summed E-state index contributed by atoms with van der Waals surface area (Å²) >= 11 is 0. The van der Waals surface area contributed by atoms with E-state index < -0.39 is 84.1 Å². The van der Waals surface area contributed by atoms with Crippen molar-refractivity contribution in [1.82, 2.24) is 26.6 Å². The minimum atomic E-state index is -1.29. The number of aliphatic carboxylic acids is 1. The van der Waals surface area contributed by atoms with Crippen LogP contribution in [-0.2, 0) is 51.2 Å². The fourth-order valence-corrected chi connectivity index (χ4v) is 8.05. The summed E-state index contributed by atoms with van der Waals surface area (Å²) in [7, 11) is 0. The number of amides is 7. The topological polar surface area (TPSA) is 289 Å². The number of hydrogen-bond acceptors (Lipinski definition) is 9. The van der Waals surface area contributed by atoms with Gasteiger partial charge in [-0.2, -0.15) is 0 Å². The molecule has 0 saturated carbocycles. The maximum atomic E-state index is 13.5. The summed E-state index contributed by atoms with van der Waals surface area (Å²) in [4.78, 5) is 101. The Kier molecular flexibility index (Phi) is 25.5. The van der Waals surface area contributed by atoms with Crippen LogP contribution in [0.3, 0.4) is 0 Å². The fraction of sp³-hybridized carbons (Fsp3) is 0.538. The molecular weight excluding hydrogens is 883 g/mol. The van der Waals surface area contributed by atoms with Crippen molar-refractivity contribution < 1.29 is 48.6 Å². The number of benzene rings is 3. The number of hydrogen-bond donors (Lipinski definition) is 9. The van der Waals surface area contributed by atoms with Gasteiger partial charge >= 0.3 is 5.97 Å². The molecular formula is C52H75N7O10. The van der Waals surface area contributed by atoms with E-state index in [2.05, 4.69) is 26.6 Å². The first kappa shape index (κ1) is 57.0. The van der Waals surface area contributed by atoms with Crippen LogP contribution in [0, 0.1) is 5.92 Å². The molecule has 0 heterocycles. The van der Waals surface area contributed by atoms with E-state index in [0.717, 1.165) is 80.5 Å². The van der Waals surface area contributed by atoms with E-state index in [1.807, 2.05) is 56.3 Å². The van der Waals surface area contributed by atoms with Gasteiger partial charge in [0.1, 0.15) is 30.2 Å². The van der Waals surface area contributed by atoms with Gasteiger partial charge in [-0.3, -0.25) is 33.6 Å². The van der Waals surface area contributed by atoms with E-state index >= 15 is 0 Å². The lowest BCUT2D eigenvalue weighted by Gasteiger charge is -2.27. The largest absolute Gasteiger partial charge is 0.480 e. The van der Waals surface area contributed by atoms with Crippen LogP contribution in [0.15, 0.2) is 72.8 Å². The molecule has 7 amide bonds. The molecule has 3 aromatic carbocycles. The number of fused-ring (bicyclic) bond motifs is 1. The highest BCUT2D eigenvalue weighted by molar-refractivity contribution is 5.95. The van der Waals surface area contributed by atoms with E-state index in [0.29, 0.717) is 18.4 Å². The molecule has 3 rings (SSSR count). The van der Waals surface area contributed by atoms with Gasteiger partial charge in [0, 0.05) is 25.7 Å². The van der Waals surface area contributed by atoms with Gasteiger partial charge in [-0.25, -0.2) is 4.79 Å². The van der Waals surface area contributed by atoms with Crippen molar-refractivity contribution in [3.05, 3.63) is 83.9 Å². The van der Waals surface area contributed by atoms with E-state index in [-0.39, 0.29) is 43.9 Å². The van der Waals surface area contributed by atoms with Gasteiger partial charge in [0.25, 0.3) is 0 Å². The average Bonchev–Trinajstić information content (AvgIpc) is 3.29. The standard InChI is InChI=1S/C52H75N7O10/c1-34(2)29-41(49(65)56-40(48(54)64)32-37-27-28-38-23-19-20-24-39(38)30-37)57-51(67)47(35(3)60)59-46(63)26-18-13-11-9-7-5-4-6-8-10-12-17-25-45(62)55-42(33-44(53)61)50(66)58-43(52(68)69)31-36-21-15-14-16-22-36/h14-16,19-24,27-28,30,34-35,40-43,47,60H,4-13,17-18,25-26,29,31-33H2,1-3H3,(H2,53,61)(H2,54,64)(H,55,62)(H,56,65)(H,57,67)(H,58,66)(H,59,63)(H,68,69)/t35-,40-,41-,42-,43-,47-/m0/s1. The Bertz CT molecular complexity index is 2130. The minimum Gasteiger partial charge on any atom is -0.480 e. The number of aliphatic hydroxyl groups is 1. The number of carbonyl (C=O) groups is 8. The Balaban J connectivity index is 1.28. The SMILES string of the molecule is CC(C)C[C@H](NC(=O)[C@@H](NC(=O)CCCCCCCCCCCCCCC(=O)N[C@@H](CC(N)=O)C(=O)N[C@@H](Cc1ccccc1)C(=O)O)[C@H](C)O)C(=O)N[C@@H](Cc1ccc2ccccc2c1)C(N)=O. The number of rotatable bonds is 34. The number of aliphatic hydroxyl groups excluding tert-OH is 1. The van der Waals surface area contributed by atoms with Gasteiger partial charge in [0.05, 0.1) is 12.5 Å². The third kappa shape index (κ3) is 22.5. The molecule has 0 fully saturated rings. The maximum Gasteiger partial charge on any atom is 0.326 e. The Labute approximate surface area is 406 Å². The zero-order valence-electron chi connectivity index (χ0n) is 40.5. The predicted octanol–water partition coefficient (Wildman–Crippen LogP) is 4.38. The second-order valence-corrected chi connectivity index (χ2v) is 18.4. The summed E-state index contributed by atoms with van der Waals surface area (Å²) in [5.74, 6) is -5.68. The van der Waals surface area contributed by atoms with Gasteiger partial charge in [0.2, 0.25) is 41.4 Å². The Hall–Kier alpha value is -6.36. The monoisotopic (exact) mass is 958 g/mol. The molecule has 0 unspecified atom stereocenters. The van der Waals surface area contributed by atoms with Crippen LogP contribution in [-0.4, -0.2) is 93.8 Å². The highest BCUT2D eigenvalue weighted by Crippen LogP contribution is 2.18. The van der Waals surface area contributed by atoms with Crippen LogP contribution in [0.25, 0.3) is 10.8 Å². The highest BCUT2D eigenvalue weighted by atomic mass is 16.4. The summed E-state index contributed by atoms with van der Waals surface area (Å²) in [6.07, 6.45) is 10.1. The minimum absolute atomic E-state index is 0.0170. The van der Waals surface area contributed by atoms with Crippen LogP contribution in [0.4, 0.5) is 0 Å². The first-order valence-corrected chi connectivity index (χ1v) is 24.4. The molecule has 0 aromatic heterocycles. The van der Waals surface area contributed by atoms with Crippen molar-refractivity contribution >= 4 is 58.1 Å². The van der Waals surface area contributed by atoms with E-state index in [9.17, 15) is 48.6 Å². The molecule has 69 heavy (non-hydrogen) atoms. The molecule has 17 nitrogen and oxygen atoms in total. The molecule has 3 aromatic rings. The summed E-state index contributed by atoms with van der Waals surface area (Å²) in [6, 6.07) is 16.4. The van der Waals surface area contributed by atoms with Crippen molar-refractivity contribution in [1.29, 1.82) is 0 Å². The maximum absolute atomic E-state index is 13.5. The zero-order chi connectivity index (χ0) is 50.7. The third-order valence-electron chi connectivity index (χ3n) is 11.8. The van der Waals surface area contributed by atoms with Crippen LogP contribution in [0.1, 0.15) is 135 Å². The fourth-order valence-electron chi connectivity index (χ4n) is 8.05. The normalized spacial score (nSPS) is 13.8. The molecule has 0 spiro atoms. The molecule has 11 N–H and O–H groups in total. The molecule has 17 heteroatoms. The van der Waals surface area contributed by atoms with Crippen molar-refractivity contribution in [2.75, 3.05) is 0 Å². The first-order valence-electron chi connectivity index (χ1n) is 24.4. The molecule has 0 radical (unpaired) electrons. The second kappa shape index (κ2) is 30.9. The molecule has 0 saturated heterocycles. The highest BCUT2D eigenvalue weighted by Gasteiger charge is 2.32. The van der Waals surface area contributed by atoms with Crippen LogP contribution < -0.4 is 38.1 Å². The van der Waals surface area contributed by atoms with Crippen molar-refractivity contribution in [2.45, 2.75) is 173 Å². The molecule has 0 bridgehead atoms. The van der Waals surface area contributed by atoms with Crippen LogP contribution >= 0.6 is 0 Å². The van der Waals surface area contributed by atoms with E-state index in [1.165, 1.54) is 6.92 Å². The predicted molar refractivity (Wildman–Crippen MR) is 264 cm³/mol. The summed E-state index contributed by atoms with van der Waals surface area (Å²) in [5, 5.41) is 35.1. The summed E-state index contributed by atoms with van der Waals surface area (Å²) in [5.41, 5.74) is 12.5. The molecule has 378 valence electrons. The van der Waals surface area contributed by atoms with Crippen molar-refractivity contribution in [3.63, 3.8) is 0 Å². The van der Waals surface area contributed by atoms with Gasteiger partial charge < -0.3 is 48.3 Å². The lowest BCUT2D eigenvalue weighted by Crippen LogP contribution is -2.59. The molecule has 0 aliphatic heterocycles. The summed E-state index contributed by atoms with van der Waals surface area (Å²) < 4.78 is 0. The van der Waals surface area contributed by atoms with Crippen LogP contribution in [0.5, 0.6) is 0 Å². The van der Waals surface area contributed by atoms with E-state index in [1.54, 1.807) is 30.3 Å². The van der Waals surface area contributed by atoms with Crippen LogP contribution in [0.2, 0.25) is 0 Å². The Morgan fingerprint density at radius 3 is 1.51 bits per heavy atom. The zero-order valence-corrected chi connectivity index (χ0v) is 40.5. The Morgan fingerprint density at radius 2 is 0.986 bits per heavy atom. The van der Waals surface area contributed by atoms with Crippen molar-refractivity contribution in [2.24, 2.45) is 17.4 Å². The lowest BCUT2D eigenvalue weighted by atomic mass is 9.99. The number of carboxylic acids is 1. The Morgan fingerprint density at radius 1 is 0.507 bits per heavy atom. The quantitative estimate of drug-likeness (QED) is 0.0381. The lowest BCUT2D eigenvalue weighted by molar-refractivity contribution is -0.142. The number of nitrogens with two attached hydrogens (primary N) is 2. The molecule has 6 atom stereocenters. The molecule has 0 aliphatic carbocycles. The van der Waals surface area contributed by atoms with Gasteiger partial charge in [-0.15, -0.1) is 0 Å². The first-order chi connectivity index (χ1) is 32.9. The summed E-state index contributed by atoms with van der Waals surface area (Å²) in [6.45, 7) is 5.16. The number of carboxylic acid groups (broad SMARTS) is 1. The van der Waals surface area contributed by atoms with Gasteiger partial charge in [-0.05, 0) is 54.0 Å². The van der Waals surface area contributed by atoms with Gasteiger partial charge in [-0.1, -0.05) is 151 Å². The third-order valence-corrected chi connectivity index (χ3v) is 11.8. The molecule has 0 aliphatic rings. The smallest absolute Gasteiger partial charge is 0.326 e. The second-order valence-electron chi connectivity index (χ2n) is 18.4. The van der Waals surface area contributed by atoms with Gasteiger partial charge in [0.15, 0.2) is 0 Å². The van der Waals surface area contributed by atoms with E-state index in [4.69, 9.17) is 11.5 Å².